The molecule has 0 aliphatic carbocycles. The first-order valence-corrected chi connectivity index (χ1v) is 11.6. The third-order valence-corrected chi connectivity index (χ3v) is 6.02. The Balaban J connectivity index is 1.60. The Morgan fingerprint density at radius 3 is 2.59 bits per heavy atom. The smallest absolute Gasteiger partial charge is 0.433 e. The first-order chi connectivity index (χ1) is 18.3. The fourth-order valence-electron chi connectivity index (χ4n) is 3.80. The van der Waals surface area contributed by atoms with Gasteiger partial charge in [0.2, 0.25) is 17.8 Å². The second-order valence-electron chi connectivity index (χ2n) is 8.82. The summed E-state index contributed by atoms with van der Waals surface area (Å²) in [5, 5.41) is 17.9. The first kappa shape index (κ1) is 27.3. The van der Waals surface area contributed by atoms with Crippen molar-refractivity contribution in [3.05, 3.63) is 53.2 Å². The van der Waals surface area contributed by atoms with Crippen LogP contribution in [0.3, 0.4) is 0 Å². The second-order valence-corrected chi connectivity index (χ2v) is 8.82. The van der Waals surface area contributed by atoms with Gasteiger partial charge in [0.05, 0.1) is 25.0 Å². The van der Waals surface area contributed by atoms with Crippen LogP contribution in [0.5, 0.6) is 0 Å². The Labute approximate surface area is 219 Å². The van der Waals surface area contributed by atoms with Crippen molar-refractivity contribution >= 4 is 35.4 Å². The fourth-order valence-corrected chi connectivity index (χ4v) is 3.80. The zero-order valence-corrected chi connectivity index (χ0v) is 21.0. The Kier molecular flexibility index (Phi) is 7.38. The van der Waals surface area contributed by atoms with Crippen LogP contribution in [0.15, 0.2) is 30.7 Å². The SMILES string of the molecule is Cc1nc(N(Cc2cnn(Cc3ccc(C(F)(F)F)nc3)c2)C(=O)CNC(=O)O)nc2c1NC(=O)C(C)N2C. The largest absolute Gasteiger partial charge is 0.465 e. The first-order valence-electron chi connectivity index (χ1n) is 11.6. The molecular weight excluding hydrogens is 523 g/mol. The number of pyridine rings is 1. The summed E-state index contributed by atoms with van der Waals surface area (Å²) < 4.78 is 39.8. The van der Waals surface area contributed by atoms with E-state index < -0.39 is 36.5 Å². The van der Waals surface area contributed by atoms with E-state index in [-0.39, 0.29) is 24.9 Å². The molecular formula is C23H24F3N9O4. The number of anilines is 3. The van der Waals surface area contributed by atoms with Crippen molar-refractivity contribution in [3.8, 4) is 0 Å². The van der Waals surface area contributed by atoms with Crippen molar-refractivity contribution in [2.24, 2.45) is 0 Å². The molecule has 4 heterocycles. The number of alkyl halides is 3. The van der Waals surface area contributed by atoms with Gasteiger partial charge in [-0.15, -0.1) is 0 Å². The summed E-state index contributed by atoms with van der Waals surface area (Å²) in [6.07, 6.45) is -1.78. The predicted molar refractivity (Wildman–Crippen MR) is 131 cm³/mol. The molecule has 0 spiro atoms. The Hall–Kier alpha value is -4.76. The van der Waals surface area contributed by atoms with Crippen molar-refractivity contribution in [2.45, 2.75) is 39.2 Å². The lowest BCUT2D eigenvalue weighted by Gasteiger charge is -2.33. The number of halogens is 3. The number of rotatable bonds is 7. The zero-order chi connectivity index (χ0) is 28.5. The number of nitrogens with one attached hydrogen (secondary N) is 2. The molecule has 1 unspecified atom stereocenters. The van der Waals surface area contributed by atoms with E-state index in [1.54, 1.807) is 32.0 Å². The van der Waals surface area contributed by atoms with Gasteiger partial charge in [0.1, 0.15) is 24.0 Å². The van der Waals surface area contributed by atoms with Crippen LogP contribution < -0.4 is 20.4 Å². The molecule has 0 bridgehead atoms. The van der Waals surface area contributed by atoms with Crippen molar-refractivity contribution in [1.29, 1.82) is 0 Å². The summed E-state index contributed by atoms with van der Waals surface area (Å²) in [5.74, 6) is -0.511. The van der Waals surface area contributed by atoms with Crippen molar-refractivity contribution < 1.29 is 32.7 Å². The summed E-state index contributed by atoms with van der Waals surface area (Å²) in [5.41, 5.74) is 0.795. The standard InChI is InChI=1S/C23H24F3N9O4/c1-12-18-19(33(3)13(2)20(37)31-18)32-21(30-12)35(17(36)8-28-22(38)39)11-15-7-29-34(10-15)9-14-4-5-16(27-6-14)23(24,25)26/h4-7,10,13,28H,8-9,11H2,1-3H3,(H,31,37)(H,38,39). The van der Waals surface area contributed by atoms with Crippen LogP contribution in [-0.2, 0) is 28.9 Å². The summed E-state index contributed by atoms with van der Waals surface area (Å²) in [4.78, 5) is 51.4. The number of carbonyl (C=O) groups is 3. The molecule has 0 fully saturated rings. The van der Waals surface area contributed by atoms with Gasteiger partial charge < -0.3 is 20.6 Å². The molecule has 0 saturated carbocycles. The number of aromatic nitrogens is 5. The molecule has 1 atom stereocenters. The maximum atomic E-state index is 13.0. The van der Waals surface area contributed by atoms with Gasteiger partial charge in [-0.2, -0.15) is 23.3 Å². The molecule has 16 heteroatoms. The summed E-state index contributed by atoms with van der Waals surface area (Å²) in [6, 6.07) is 1.64. The van der Waals surface area contributed by atoms with Gasteiger partial charge in [0.25, 0.3) is 0 Å². The molecule has 0 saturated heterocycles. The van der Waals surface area contributed by atoms with Crippen LogP contribution in [0.2, 0.25) is 0 Å². The fraction of sp³-hybridized carbons (Fsp3) is 0.348. The molecule has 3 amide bonds. The van der Waals surface area contributed by atoms with E-state index in [4.69, 9.17) is 5.11 Å². The minimum absolute atomic E-state index is 0.0154. The van der Waals surface area contributed by atoms with E-state index >= 15 is 0 Å². The third-order valence-electron chi connectivity index (χ3n) is 6.02. The predicted octanol–water partition coefficient (Wildman–Crippen LogP) is 2.02. The molecule has 1 aliphatic rings. The summed E-state index contributed by atoms with van der Waals surface area (Å²) >= 11 is 0. The number of aryl methyl sites for hydroxylation is 1. The van der Waals surface area contributed by atoms with Crippen molar-refractivity contribution in [1.82, 2.24) is 30.0 Å². The van der Waals surface area contributed by atoms with E-state index in [0.29, 0.717) is 28.3 Å². The van der Waals surface area contributed by atoms with Crippen LogP contribution in [-0.4, -0.2) is 67.4 Å². The lowest BCUT2D eigenvalue weighted by Crippen LogP contribution is -2.45. The highest BCUT2D eigenvalue weighted by atomic mass is 19.4. The molecule has 4 rings (SSSR count). The van der Waals surface area contributed by atoms with Crippen LogP contribution in [0.4, 0.5) is 35.4 Å². The van der Waals surface area contributed by atoms with E-state index in [1.807, 2.05) is 5.32 Å². The summed E-state index contributed by atoms with van der Waals surface area (Å²) in [7, 11) is 1.68. The zero-order valence-electron chi connectivity index (χ0n) is 21.0. The second kappa shape index (κ2) is 10.5. The number of hydrogen-bond acceptors (Lipinski definition) is 8. The molecule has 0 aromatic carbocycles. The molecule has 3 aromatic heterocycles. The maximum absolute atomic E-state index is 13.0. The average molecular weight is 547 g/mol. The lowest BCUT2D eigenvalue weighted by molar-refractivity contribution is -0.141. The molecule has 3 N–H and O–H groups in total. The van der Waals surface area contributed by atoms with Crippen molar-refractivity contribution in [2.75, 3.05) is 28.7 Å². The molecule has 206 valence electrons. The number of amides is 3. The minimum atomic E-state index is -4.54. The van der Waals surface area contributed by atoms with E-state index in [9.17, 15) is 27.6 Å². The Morgan fingerprint density at radius 1 is 1.21 bits per heavy atom. The molecule has 3 aromatic rings. The van der Waals surface area contributed by atoms with Gasteiger partial charge in [0, 0.05) is 25.0 Å². The number of nitrogens with zero attached hydrogens (tertiary/aromatic N) is 7. The monoisotopic (exact) mass is 547 g/mol. The van der Waals surface area contributed by atoms with Gasteiger partial charge in [-0.3, -0.25) is 24.2 Å². The van der Waals surface area contributed by atoms with Gasteiger partial charge in [-0.1, -0.05) is 6.07 Å². The van der Waals surface area contributed by atoms with E-state index in [2.05, 4.69) is 25.4 Å². The molecule has 39 heavy (non-hydrogen) atoms. The summed E-state index contributed by atoms with van der Waals surface area (Å²) in [6.45, 7) is 2.81. The average Bonchev–Trinajstić information content (AvgIpc) is 3.31. The number of hydrogen-bond donors (Lipinski definition) is 3. The molecule has 1 aliphatic heterocycles. The van der Waals surface area contributed by atoms with E-state index in [0.717, 1.165) is 12.3 Å². The lowest BCUT2D eigenvalue weighted by atomic mass is 10.2. The van der Waals surface area contributed by atoms with Crippen LogP contribution in [0, 0.1) is 6.92 Å². The number of fused-ring (bicyclic) bond motifs is 1. The highest BCUT2D eigenvalue weighted by Gasteiger charge is 2.33. The van der Waals surface area contributed by atoms with Crippen LogP contribution >= 0.6 is 0 Å². The molecule has 0 radical (unpaired) electrons. The normalized spacial score (nSPS) is 15.0. The number of likely N-dealkylation sites (N-methyl/N-ethyl adjacent to an activating group) is 1. The maximum Gasteiger partial charge on any atom is 0.433 e. The van der Waals surface area contributed by atoms with Gasteiger partial charge in [-0.05, 0) is 25.5 Å². The third kappa shape index (κ3) is 6.05. The van der Waals surface area contributed by atoms with Crippen LogP contribution in [0.25, 0.3) is 0 Å². The number of carboxylic acid groups (broad SMARTS) is 1. The van der Waals surface area contributed by atoms with Gasteiger partial charge in [-0.25, -0.2) is 9.78 Å². The minimum Gasteiger partial charge on any atom is -0.465 e. The quantitative estimate of drug-likeness (QED) is 0.402. The number of carbonyl (C=O) groups excluding carboxylic acids is 2. The Morgan fingerprint density at radius 2 is 1.95 bits per heavy atom. The Bertz CT molecular complexity index is 1410. The van der Waals surface area contributed by atoms with Crippen LogP contribution in [0.1, 0.15) is 29.4 Å². The van der Waals surface area contributed by atoms with E-state index in [1.165, 1.54) is 21.8 Å². The topological polar surface area (TPSA) is 158 Å². The van der Waals surface area contributed by atoms with Gasteiger partial charge >= 0.3 is 12.3 Å². The highest BCUT2D eigenvalue weighted by molar-refractivity contribution is 6.03. The van der Waals surface area contributed by atoms with Crippen molar-refractivity contribution in [3.63, 3.8) is 0 Å². The van der Waals surface area contributed by atoms with Gasteiger partial charge in [0.15, 0.2) is 5.82 Å². The highest BCUT2D eigenvalue weighted by Crippen LogP contribution is 2.33. The molecule has 13 nitrogen and oxygen atoms in total.